The van der Waals surface area contributed by atoms with E-state index in [0.717, 1.165) is 37.9 Å². The summed E-state index contributed by atoms with van der Waals surface area (Å²) >= 11 is 1.60. The first-order chi connectivity index (χ1) is 18.9. The number of carbonyl (C=O) groups is 1. The minimum atomic E-state index is -0.701. The van der Waals surface area contributed by atoms with Crippen molar-refractivity contribution in [1.82, 2.24) is 24.4 Å². The van der Waals surface area contributed by atoms with Gasteiger partial charge in [-0.15, -0.1) is 11.8 Å². The highest BCUT2D eigenvalue weighted by molar-refractivity contribution is 7.98. The van der Waals surface area contributed by atoms with Crippen LogP contribution in [0.15, 0.2) is 9.59 Å². The maximum atomic E-state index is 12.8. The van der Waals surface area contributed by atoms with E-state index in [9.17, 15) is 19.5 Å². The van der Waals surface area contributed by atoms with Crippen LogP contribution in [0.1, 0.15) is 96.7 Å². The third-order valence-electron chi connectivity index (χ3n) is 9.17. The molecule has 0 bridgehead atoms. The molecule has 0 aromatic carbocycles. The van der Waals surface area contributed by atoms with Gasteiger partial charge in [0.05, 0.1) is 23.3 Å². The SMILES string of the molecule is CCCCn1c(=O)[nH]c(=O)c2c1nc(CSC1NC3(C4CCCCCCC4)CC(C(=O)O)CCC3O1)n2CC. The first-order valence-corrected chi connectivity index (χ1v) is 15.9. The van der Waals surface area contributed by atoms with Crippen LogP contribution in [0.2, 0.25) is 0 Å². The Labute approximate surface area is 233 Å². The van der Waals surface area contributed by atoms with Crippen molar-refractivity contribution in [3.05, 3.63) is 26.7 Å². The van der Waals surface area contributed by atoms with E-state index in [4.69, 9.17) is 9.72 Å². The lowest BCUT2D eigenvalue weighted by atomic mass is 9.64. The third kappa shape index (κ3) is 5.59. The number of carboxylic acids is 1. The number of hydrogen-bond acceptors (Lipinski definition) is 7. The monoisotopic (exact) mass is 561 g/mol. The second kappa shape index (κ2) is 12.2. The number of aromatic nitrogens is 4. The van der Waals surface area contributed by atoms with Gasteiger partial charge in [0.2, 0.25) is 0 Å². The van der Waals surface area contributed by atoms with Crippen molar-refractivity contribution in [3.8, 4) is 0 Å². The fraction of sp³-hybridized carbons (Fsp3) is 0.786. The van der Waals surface area contributed by atoms with Gasteiger partial charge in [0, 0.05) is 13.1 Å². The fourth-order valence-electron chi connectivity index (χ4n) is 7.15. The number of nitrogens with one attached hydrogen (secondary N) is 2. The Balaban J connectivity index is 1.40. The van der Waals surface area contributed by atoms with Crippen LogP contribution in [-0.2, 0) is 28.4 Å². The first kappa shape index (κ1) is 28.4. The molecule has 2 saturated carbocycles. The number of aromatic amines is 1. The summed E-state index contributed by atoms with van der Waals surface area (Å²) in [4.78, 5) is 44.7. The lowest BCUT2D eigenvalue weighted by Gasteiger charge is -2.46. The van der Waals surface area contributed by atoms with Crippen LogP contribution in [-0.4, -0.2) is 47.4 Å². The lowest BCUT2D eigenvalue weighted by Crippen LogP contribution is -2.58. The Morgan fingerprint density at radius 1 is 1.10 bits per heavy atom. The number of nitrogens with zero attached hydrogens (tertiary/aromatic N) is 3. The first-order valence-electron chi connectivity index (χ1n) is 14.9. The van der Waals surface area contributed by atoms with E-state index in [0.29, 0.717) is 48.8 Å². The van der Waals surface area contributed by atoms with E-state index >= 15 is 0 Å². The number of aryl methyl sites for hydroxylation is 2. The largest absolute Gasteiger partial charge is 0.481 e. The molecule has 5 rings (SSSR count). The molecule has 3 fully saturated rings. The van der Waals surface area contributed by atoms with Gasteiger partial charge in [-0.2, -0.15) is 0 Å². The van der Waals surface area contributed by atoms with Gasteiger partial charge < -0.3 is 14.4 Å². The lowest BCUT2D eigenvalue weighted by molar-refractivity contribution is -0.145. The van der Waals surface area contributed by atoms with Gasteiger partial charge in [0.15, 0.2) is 16.7 Å². The summed E-state index contributed by atoms with van der Waals surface area (Å²) in [7, 11) is 0. The third-order valence-corrected chi connectivity index (χ3v) is 10.1. The molecule has 3 heterocycles. The average Bonchev–Trinajstić information content (AvgIpc) is 3.45. The van der Waals surface area contributed by atoms with Crippen molar-refractivity contribution >= 4 is 28.9 Å². The zero-order valence-corrected chi connectivity index (χ0v) is 24.1. The summed E-state index contributed by atoms with van der Waals surface area (Å²) in [6.45, 7) is 5.12. The summed E-state index contributed by atoms with van der Waals surface area (Å²) in [5.41, 5.74) is -0.540. The van der Waals surface area contributed by atoms with Gasteiger partial charge in [-0.25, -0.2) is 9.78 Å². The smallest absolute Gasteiger partial charge is 0.330 e. The molecule has 0 spiro atoms. The second-order valence-electron chi connectivity index (χ2n) is 11.5. The van der Waals surface area contributed by atoms with Gasteiger partial charge in [0.1, 0.15) is 5.82 Å². The van der Waals surface area contributed by atoms with Crippen molar-refractivity contribution in [2.75, 3.05) is 0 Å². The molecule has 11 heteroatoms. The fourth-order valence-corrected chi connectivity index (χ4v) is 8.18. The zero-order chi connectivity index (χ0) is 27.6. The van der Waals surface area contributed by atoms with E-state index < -0.39 is 17.2 Å². The summed E-state index contributed by atoms with van der Waals surface area (Å²) in [5, 5.41) is 13.7. The van der Waals surface area contributed by atoms with Gasteiger partial charge >= 0.3 is 11.7 Å². The molecule has 0 radical (unpaired) electrons. The van der Waals surface area contributed by atoms with Gasteiger partial charge in [-0.3, -0.25) is 24.5 Å². The Morgan fingerprint density at radius 3 is 2.54 bits per heavy atom. The van der Waals surface area contributed by atoms with E-state index in [1.807, 2.05) is 11.5 Å². The van der Waals surface area contributed by atoms with Crippen molar-refractivity contribution in [2.24, 2.45) is 11.8 Å². The summed E-state index contributed by atoms with van der Waals surface area (Å²) < 4.78 is 10.1. The van der Waals surface area contributed by atoms with Crippen LogP contribution >= 0.6 is 11.8 Å². The summed E-state index contributed by atoms with van der Waals surface area (Å²) in [5.74, 6) is 0.608. The second-order valence-corrected chi connectivity index (χ2v) is 12.6. The molecule has 2 aromatic rings. The molecule has 4 atom stereocenters. The molecule has 2 aliphatic carbocycles. The molecular weight excluding hydrogens is 518 g/mol. The zero-order valence-electron chi connectivity index (χ0n) is 23.2. The average molecular weight is 562 g/mol. The maximum Gasteiger partial charge on any atom is 0.330 e. The predicted octanol–water partition coefficient (Wildman–Crippen LogP) is 4.20. The van der Waals surface area contributed by atoms with Crippen molar-refractivity contribution in [2.45, 2.75) is 127 Å². The van der Waals surface area contributed by atoms with Crippen LogP contribution in [0.4, 0.5) is 0 Å². The summed E-state index contributed by atoms with van der Waals surface area (Å²) in [6, 6.07) is 0. The molecule has 39 heavy (non-hydrogen) atoms. The predicted molar refractivity (Wildman–Crippen MR) is 152 cm³/mol. The number of carboxylic acid groups (broad SMARTS) is 1. The normalized spacial score (nSPS) is 28.3. The van der Waals surface area contributed by atoms with Crippen molar-refractivity contribution in [3.63, 3.8) is 0 Å². The summed E-state index contributed by atoms with van der Waals surface area (Å²) in [6.07, 6.45) is 12.1. The molecule has 2 aromatic heterocycles. The number of imidazole rings is 1. The number of fused-ring (bicyclic) bond motifs is 2. The number of ether oxygens (including phenoxy) is 1. The van der Waals surface area contributed by atoms with E-state index in [1.165, 1.54) is 32.1 Å². The molecule has 1 aliphatic heterocycles. The van der Waals surface area contributed by atoms with Gasteiger partial charge in [-0.1, -0.05) is 45.4 Å². The number of aliphatic carboxylic acids is 1. The Kier molecular flexibility index (Phi) is 8.88. The highest BCUT2D eigenvalue weighted by Gasteiger charge is 2.56. The van der Waals surface area contributed by atoms with Crippen LogP contribution in [0.5, 0.6) is 0 Å². The Bertz CT molecular complexity index is 1280. The number of thioether (sulfide) groups is 1. The van der Waals surface area contributed by atoms with Gasteiger partial charge in [0.25, 0.3) is 5.56 Å². The number of H-pyrrole nitrogens is 1. The number of hydrogen-bond donors (Lipinski definition) is 3. The number of rotatable bonds is 9. The van der Waals surface area contributed by atoms with Crippen LogP contribution in [0.3, 0.4) is 0 Å². The highest BCUT2D eigenvalue weighted by Crippen LogP contribution is 2.49. The van der Waals surface area contributed by atoms with E-state index in [2.05, 4.69) is 17.2 Å². The Morgan fingerprint density at radius 2 is 1.85 bits per heavy atom. The Hall–Kier alpha value is -2.11. The molecule has 0 amide bonds. The minimum absolute atomic E-state index is 0.00193. The topological polar surface area (TPSA) is 131 Å². The van der Waals surface area contributed by atoms with E-state index in [-0.39, 0.29) is 23.1 Å². The molecule has 1 saturated heterocycles. The highest BCUT2D eigenvalue weighted by atomic mass is 32.2. The standard InChI is InChI=1S/C28H43N5O5S/c1-3-5-15-33-23-22(24(34)30-26(33)37)32(4-2)21(29-23)17-39-27-31-28(19-11-9-7-6-8-10-12-19)16-18(25(35)36)13-14-20(28)38-27/h18-20,27,31H,3-17H2,1-2H3,(H,35,36)(H,30,34,37). The van der Waals surface area contributed by atoms with Gasteiger partial charge in [-0.05, 0) is 51.4 Å². The minimum Gasteiger partial charge on any atom is -0.481 e. The maximum absolute atomic E-state index is 12.8. The van der Waals surface area contributed by atoms with Crippen LogP contribution in [0, 0.1) is 11.8 Å². The molecule has 4 unspecified atom stereocenters. The molecule has 216 valence electrons. The van der Waals surface area contributed by atoms with Crippen molar-refractivity contribution in [1.29, 1.82) is 0 Å². The van der Waals surface area contributed by atoms with Crippen LogP contribution in [0.25, 0.3) is 11.2 Å². The molecule has 3 N–H and O–H groups in total. The van der Waals surface area contributed by atoms with E-state index in [1.54, 1.807) is 16.3 Å². The molecule has 3 aliphatic rings. The van der Waals surface area contributed by atoms with Crippen LogP contribution < -0.4 is 16.6 Å². The molecule has 10 nitrogen and oxygen atoms in total. The van der Waals surface area contributed by atoms with Crippen molar-refractivity contribution < 1.29 is 14.6 Å². The number of unbranched alkanes of at least 4 members (excludes halogenated alkanes) is 1. The molecular formula is C28H43N5O5S. The quantitative estimate of drug-likeness (QED) is 0.415.